The summed E-state index contributed by atoms with van der Waals surface area (Å²) in [5, 5.41) is 12.7. The number of nitrogens with zero attached hydrogens (tertiary/aromatic N) is 1. The van der Waals surface area contributed by atoms with E-state index in [1.807, 2.05) is 0 Å². The van der Waals surface area contributed by atoms with E-state index < -0.39 is 12.0 Å². The monoisotopic (exact) mass is 456 g/mol. The minimum atomic E-state index is -4.60. The summed E-state index contributed by atoms with van der Waals surface area (Å²) in [5.74, 6) is -0.823. The lowest BCUT2D eigenvalue weighted by molar-refractivity contribution is -0.274. The molecule has 0 atom stereocenters. The average Bonchev–Trinajstić information content (AvgIpc) is 2.71. The molecule has 6 nitrogen and oxygen atoms in total. The van der Waals surface area contributed by atoms with Gasteiger partial charge in [0.1, 0.15) is 17.2 Å². The molecule has 1 heterocycles. The van der Waals surface area contributed by atoms with Crippen molar-refractivity contribution in [3.8, 4) is 5.75 Å². The lowest BCUT2D eigenvalue weighted by Crippen LogP contribution is -2.51. The Hall–Kier alpha value is -3.14. The molecule has 174 valence electrons. The Kier molecular flexibility index (Phi) is 8.20. The number of amides is 2. The van der Waals surface area contributed by atoms with Gasteiger partial charge in [-0.3, -0.25) is 4.79 Å². The molecule has 0 spiro atoms. The Morgan fingerprint density at radius 3 is 2.03 bits per heavy atom. The van der Waals surface area contributed by atoms with Crippen molar-refractivity contribution < 1.29 is 37.0 Å². The number of benzene rings is 2. The summed E-state index contributed by atoms with van der Waals surface area (Å²) in [4.78, 5) is 24.8. The van der Waals surface area contributed by atoms with Crippen molar-refractivity contribution in [2.45, 2.75) is 38.7 Å². The Morgan fingerprint density at radius 1 is 1.03 bits per heavy atom. The fourth-order valence-electron chi connectivity index (χ4n) is 2.91. The molecule has 2 amide bonds. The van der Waals surface area contributed by atoms with Crippen LogP contribution in [-0.4, -0.2) is 46.9 Å². The summed E-state index contributed by atoms with van der Waals surface area (Å²) in [6.45, 7) is 3.76. The van der Waals surface area contributed by atoms with Gasteiger partial charge in [0.2, 0.25) is 0 Å². The fraction of sp³-hybridized carbons (Fsp3) is 0.364. The molecule has 32 heavy (non-hydrogen) atoms. The number of piperidine rings is 1. The molecule has 1 aliphatic heterocycles. The maximum absolute atomic E-state index is 12.8. The molecular formula is C22H24F4N2O4. The van der Waals surface area contributed by atoms with Gasteiger partial charge in [-0.2, -0.15) is 0 Å². The standard InChI is InChI=1S/C14H17FN2O3.C8H7F3O/c1-10(18)14(20)6-8-17(9-7-14)13(19)16-12-4-2-11(15)3-5-12;1-6-2-4-7(5-3-6)12-8(9,10)11/h2-5,20H,6-9H2,1H3,(H,16,19);2-5H,1H3. The van der Waals surface area contributed by atoms with Gasteiger partial charge in [0, 0.05) is 31.6 Å². The molecule has 1 aliphatic rings. The topological polar surface area (TPSA) is 78.9 Å². The van der Waals surface area contributed by atoms with Crippen molar-refractivity contribution in [3.63, 3.8) is 0 Å². The Morgan fingerprint density at radius 2 is 1.56 bits per heavy atom. The zero-order chi connectivity index (χ0) is 23.9. The summed E-state index contributed by atoms with van der Waals surface area (Å²) in [5.41, 5.74) is 0.0838. The molecule has 0 saturated carbocycles. The molecule has 1 saturated heterocycles. The second kappa shape index (κ2) is 10.4. The number of likely N-dealkylation sites (tertiary alicyclic amines) is 1. The number of carbonyl (C=O) groups excluding carboxylic acids is 2. The molecule has 3 rings (SSSR count). The van der Waals surface area contributed by atoms with Crippen LogP contribution in [0.4, 0.5) is 28.0 Å². The number of carbonyl (C=O) groups is 2. The third-order valence-electron chi connectivity index (χ3n) is 4.88. The lowest BCUT2D eigenvalue weighted by Gasteiger charge is -2.36. The molecule has 0 aromatic heterocycles. The van der Waals surface area contributed by atoms with Crippen LogP contribution < -0.4 is 10.1 Å². The van der Waals surface area contributed by atoms with E-state index >= 15 is 0 Å². The van der Waals surface area contributed by atoms with Gasteiger partial charge in [0.05, 0.1) is 0 Å². The largest absolute Gasteiger partial charge is 0.573 e. The molecule has 0 radical (unpaired) electrons. The number of halogens is 4. The van der Waals surface area contributed by atoms with Crippen LogP contribution in [0.5, 0.6) is 5.75 Å². The summed E-state index contributed by atoms with van der Waals surface area (Å²) in [7, 11) is 0. The van der Waals surface area contributed by atoms with Crippen LogP contribution >= 0.6 is 0 Å². The van der Waals surface area contributed by atoms with Crippen molar-refractivity contribution in [1.82, 2.24) is 4.90 Å². The van der Waals surface area contributed by atoms with Crippen LogP contribution in [0.15, 0.2) is 48.5 Å². The van der Waals surface area contributed by atoms with E-state index in [1.165, 1.54) is 48.2 Å². The highest BCUT2D eigenvalue weighted by Gasteiger charge is 2.37. The van der Waals surface area contributed by atoms with E-state index in [9.17, 15) is 32.3 Å². The highest BCUT2D eigenvalue weighted by atomic mass is 19.4. The van der Waals surface area contributed by atoms with Gasteiger partial charge in [-0.25, -0.2) is 9.18 Å². The van der Waals surface area contributed by atoms with Gasteiger partial charge in [0.25, 0.3) is 0 Å². The van der Waals surface area contributed by atoms with Gasteiger partial charge in [-0.1, -0.05) is 17.7 Å². The first kappa shape index (κ1) is 25.1. The van der Waals surface area contributed by atoms with Gasteiger partial charge >= 0.3 is 12.4 Å². The minimum Gasteiger partial charge on any atom is -0.406 e. The third kappa shape index (κ3) is 7.84. The highest BCUT2D eigenvalue weighted by molar-refractivity contribution is 5.90. The second-order valence-electron chi connectivity index (χ2n) is 7.37. The smallest absolute Gasteiger partial charge is 0.406 e. The summed E-state index contributed by atoms with van der Waals surface area (Å²) < 4.78 is 51.3. The van der Waals surface area contributed by atoms with E-state index in [1.54, 1.807) is 19.1 Å². The van der Waals surface area contributed by atoms with Gasteiger partial charge in [-0.05, 0) is 50.2 Å². The molecule has 0 unspecified atom stereocenters. The normalized spacial score (nSPS) is 15.3. The van der Waals surface area contributed by atoms with Crippen molar-refractivity contribution in [1.29, 1.82) is 0 Å². The maximum Gasteiger partial charge on any atom is 0.573 e. The Balaban J connectivity index is 0.000000258. The number of nitrogens with one attached hydrogen (secondary N) is 1. The quantitative estimate of drug-likeness (QED) is 0.659. The number of anilines is 1. The zero-order valence-corrected chi connectivity index (χ0v) is 17.6. The van der Waals surface area contributed by atoms with Crippen LogP contribution in [0, 0.1) is 12.7 Å². The first-order valence-electron chi connectivity index (χ1n) is 9.75. The van der Waals surface area contributed by atoms with E-state index in [4.69, 9.17) is 0 Å². The molecule has 2 aromatic rings. The van der Waals surface area contributed by atoms with E-state index in [2.05, 4.69) is 10.1 Å². The first-order valence-corrected chi connectivity index (χ1v) is 9.75. The van der Waals surface area contributed by atoms with Gasteiger partial charge in [-0.15, -0.1) is 13.2 Å². The van der Waals surface area contributed by atoms with Crippen molar-refractivity contribution in [2.24, 2.45) is 0 Å². The molecule has 2 aromatic carbocycles. The number of ketones is 1. The van der Waals surface area contributed by atoms with Crippen LogP contribution in [0.25, 0.3) is 0 Å². The first-order chi connectivity index (χ1) is 14.9. The summed E-state index contributed by atoms with van der Waals surface area (Å²) in [6.07, 6.45) is -4.13. The highest BCUT2D eigenvalue weighted by Crippen LogP contribution is 2.24. The fourth-order valence-corrected chi connectivity index (χ4v) is 2.91. The Labute approximate surface area is 182 Å². The van der Waals surface area contributed by atoms with Crippen molar-refractivity contribution in [2.75, 3.05) is 18.4 Å². The number of rotatable bonds is 3. The second-order valence-corrected chi connectivity index (χ2v) is 7.37. The number of aryl methyl sites for hydroxylation is 1. The predicted molar refractivity (Wildman–Crippen MR) is 110 cm³/mol. The average molecular weight is 456 g/mol. The zero-order valence-electron chi connectivity index (χ0n) is 17.6. The number of alkyl halides is 3. The lowest BCUT2D eigenvalue weighted by atomic mass is 9.88. The van der Waals surface area contributed by atoms with Crippen LogP contribution in [-0.2, 0) is 4.79 Å². The SMILES string of the molecule is CC(=O)C1(O)CCN(C(=O)Nc2ccc(F)cc2)CC1.Cc1ccc(OC(F)(F)F)cc1. The van der Waals surface area contributed by atoms with Crippen LogP contribution in [0.1, 0.15) is 25.3 Å². The van der Waals surface area contributed by atoms with Gasteiger partial charge in [0.15, 0.2) is 5.78 Å². The van der Waals surface area contributed by atoms with E-state index in [0.29, 0.717) is 18.8 Å². The number of aliphatic hydroxyl groups is 1. The number of ether oxygens (including phenoxy) is 1. The van der Waals surface area contributed by atoms with Crippen molar-refractivity contribution >= 4 is 17.5 Å². The number of hydrogen-bond acceptors (Lipinski definition) is 4. The molecule has 10 heteroatoms. The summed E-state index contributed by atoms with van der Waals surface area (Å²) >= 11 is 0. The third-order valence-corrected chi connectivity index (χ3v) is 4.88. The predicted octanol–water partition coefficient (Wildman–Crippen LogP) is 4.67. The minimum absolute atomic E-state index is 0.187. The van der Waals surface area contributed by atoms with Crippen LogP contribution in [0.2, 0.25) is 0 Å². The Bertz CT molecular complexity index is 907. The maximum atomic E-state index is 12.8. The number of urea groups is 1. The molecular weight excluding hydrogens is 432 g/mol. The number of Topliss-reactive ketones (excluding diaryl/α,β-unsaturated/α-hetero) is 1. The molecule has 1 fully saturated rings. The summed E-state index contributed by atoms with van der Waals surface area (Å²) in [6, 6.07) is 10.8. The van der Waals surface area contributed by atoms with Crippen molar-refractivity contribution in [3.05, 3.63) is 59.9 Å². The number of hydrogen-bond donors (Lipinski definition) is 2. The van der Waals surface area contributed by atoms with Gasteiger partial charge < -0.3 is 20.1 Å². The molecule has 0 bridgehead atoms. The van der Waals surface area contributed by atoms with E-state index in [0.717, 1.165) is 5.56 Å². The van der Waals surface area contributed by atoms with E-state index in [-0.39, 0.29) is 36.2 Å². The molecule has 0 aliphatic carbocycles. The van der Waals surface area contributed by atoms with Crippen LogP contribution in [0.3, 0.4) is 0 Å². The molecule has 2 N–H and O–H groups in total.